The van der Waals surface area contributed by atoms with E-state index in [0.717, 1.165) is 10.9 Å². The lowest BCUT2D eigenvalue weighted by Crippen LogP contribution is -2.59. The molecular formula is C37H45N5O7S. The number of ether oxygens (including phenoxy) is 2. The zero-order valence-corrected chi connectivity index (χ0v) is 29.9. The van der Waals surface area contributed by atoms with Crippen molar-refractivity contribution < 1.29 is 32.3 Å². The van der Waals surface area contributed by atoms with Crippen LogP contribution in [0.5, 0.6) is 11.5 Å². The first-order chi connectivity index (χ1) is 23.7. The molecule has 1 aromatic heterocycles. The molecule has 1 aliphatic heterocycles. The number of nitrogens with one attached hydrogen (secondary N) is 3. The van der Waals surface area contributed by atoms with Gasteiger partial charge in [-0.05, 0) is 43.9 Å². The zero-order valence-electron chi connectivity index (χ0n) is 29.1. The average molecular weight is 704 g/mol. The maximum atomic E-state index is 14.2. The summed E-state index contributed by atoms with van der Waals surface area (Å²) in [5.41, 5.74) is 0.258. The van der Waals surface area contributed by atoms with Crippen LogP contribution >= 0.6 is 0 Å². The molecule has 3 aromatic rings. The van der Waals surface area contributed by atoms with Crippen LogP contribution in [0, 0.1) is 11.3 Å². The van der Waals surface area contributed by atoms with Crippen molar-refractivity contribution in [1.29, 1.82) is 0 Å². The largest absolute Gasteiger partial charge is 0.497 e. The second-order valence-electron chi connectivity index (χ2n) is 14.5. The van der Waals surface area contributed by atoms with E-state index in [-0.39, 0.29) is 25.3 Å². The summed E-state index contributed by atoms with van der Waals surface area (Å²) in [5, 5.41) is 6.09. The highest BCUT2D eigenvalue weighted by atomic mass is 32.2. The number of fused-ring (bicyclic) bond motifs is 1. The Morgan fingerprint density at radius 2 is 1.82 bits per heavy atom. The molecule has 2 aliphatic carbocycles. The molecule has 3 amide bonds. The van der Waals surface area contributed by atoms with E-state index < -0.39 is 62.1 Å². The van der Waals surface area contributed by atoms with Gasteiger partial charge in [-0.1, -0.05) is 57.2 Å². The first-order valence-electron chi connectivity index (χ1n) is 16.9. The van der Waals surface area contributed by atoms with Gasteiger partial charge < -0.3 is 25.0 Å². The third-order valence-electron chi connectivity index (χ3n) is 9.84. The lowest BCUT2D eigenvalue weighted by molar-refractivity contribution is -0.142. The molecule has 3 aliphatic rings. The molecule has 266 valence electrons. The Kier molecular flexibility index (Phi) is 9.42. The Labute approximate surface area is 293 Å². The number of hydrogen-bond acceptors (Lipinski definition) is 9. The molecule has 2 heterocycles. The van der Waals surface area contributed by atoms with Gasteiger partial charge in [0, 0.05) is 35.4 Å². The number of methoxy groups -OCH3 is 1. The first kappa shape index (κ1) is 35.3. The number of sulfonamides is 1. The second-order valence-corrected chi connectivity index (χ2v) is 16.5. The first-order valence-corrected chi connectivity index (χ1v) is 18.4. The molecule has 0 radical (unpaired) electrons. The van der Waals surface area contributed by atoms with Crippen LogP contribution in [0.3, 0.4) is 0 Å². The molecule has 6 rings (SSSR count). The summed E-state index contributed by atoms with van der Waals surface area (Å²) in [5.74, 6) is -0.934. The second kappa shape index (κ2) is 13.3. The Bertz CT molecular complexity index is 1930. The molecule has 2 saturated carbocycles. The van der Waals surface area contributed by atoms with Gasteiger partial charge in [-0.3, -0.25) is 19.1 Å². The molecule has 1 saturated heterocycles. The summed E-state index contributed by atoms with van der Waals surface area (Å²) >= 11 is 0. The van der Waals surface area contributed by atoms with Gasteiger partial charge in [0.25, 0.3) is 5.91 Å². The number of likely N-dealkylation sites (tertiary alicyclic amines) is 1. The van der Waals surface area contributed by atoms with Crippen molar-refractivity contribution in [3.8, 4) is 22.8 Å². The highest BCUT2D eigenvalue weighted by Crippen LogP contribution is 2.46. The fourth-order valence-electron chi connectivity index (χ4n) is 6.82. The number of aromatic nitrogens is 1. The third-order valence-corrected chi connectivity index (χ3v) is 11.7. The van der Waals surface area contributed by atoms with Crippen molar-refractivity contribution in [2.24, 2.45) is 11.3 Å². The standard InChI is InChI=1S/C37H45N5O7S/c1-7-23-20-37(23,35(45)41-50(46,47)26-14-15-26)40-33(43)30-18-25(21-42(30)34(44)32(38-5)36(2,3)4)49-31-19-28(22-11-9-8-10-12-22)39-29-17-24(48-6)13-16-27(29)31/h7-13,16-17,19,23,25-26,30,32,38H,1,14-15,18,20-21H2,2-6H3,(H,40,43)(H,41,45)/t23-,25-,30+,32-,37-/m1/s1. The van der Waals surface area contributed by atoms with E-state index in [2.05, 4.69) is 21.9 Å². The number of carbonyl (C=O) groups is 3. The third kappa shape index (κ3) is 6.93. The van der Waals surface area contributed by atoms with E-state index in [0.29, 0.717) is 35.6 Å². The highest BCUT2D eigenvalue weighted by Gasteiger charge is 2.62. The molecule has 3 N–H and O–H groups in total. The Morgan fingerprint density at radius 1 is 1.10 bits per heavy atom. The number of rotatable bonds is 12. The maximum Gasteiger partial charge on any atom is 0.259 e. The van der Waals surface area contributed by atoms with Gasteiger partial charge in [-0.2, -0.15) is 0 Å². The SMILES string of the molecule is C=C[C@@H]1C[C@]1(NC(=O)[C@@H]1C[C@@H](Oc2cc(-c3ccccc3)nc3cc(OC)ccc23)CN1C(=O)[C@@H](NC)C(C)(C)C)C(=O)NS(=O)(=O)C1CC1. The lowest BCUT2D eigenvalue weighted by Gasteiger charge is -2.35. The lowest BCUT2D eigenvalue weighted by atomic mass is 9.86. The van der Waals surface area contributed by atoms with E-state index in [1.165, 1.54) is 11.0 Å². The van der Waals surface area contributed by atoms with Crippen LogP contribution in [0.2, 0.25) is 0 Å². The van der Waals surface area contributed by atoms with E-state index in [1.54, 1.807) is 14.2 Å². The minimum atomic E-state index is -3.85. The summed E-state index contributed by atoms with van der Waals surface area (Å²) in [6, 6.07) is 15.4. The molecule has 50 heavy (non-hydrogen) atoms. The van der Waals surface area contributed by atoms with Crippen LogP contribution in [0.1, 0.15) is 46.5 Å². The maximum absolute atomic E-state index is 14.2. The molecular weight excluding hydrogens is 659 g/mol. The van der Waals surface area contributed by atoms with Crippen LogP contribution < -0.4 is 24.8 Å². The van der Waals surface area contributed by atoms with Crippen LogP contribution in [-0.2, 0) is 24.4 Å². The van der Waals surface area contributed by atoms with Gasteiger partial charge in [-0.15, -0.1) is 6.58 Å². The summed E-state index contributed by atoms with van der Waals surface area (Å²) in [4.78, 5) is 48.2. The number of pyridine rings is 1. The van der Waals surface area contributed by atoms with Crippen molar-refractivity contribution in [1.82, 2.24) is 25.2 Å². The number of amides is 3. The fourth-order valence-corrected chi connectivity index (χ4v) is 8.19. The minimum Gasteiger partial charge on any atom is -0.497 e. The molecule has 0 unspecified atom stereocenters. The molecule has 2 aromatic carbocycles. The van der Waals surface area contributed by atoms with E-state index in [9.17, 15) is 22.8 Å². The van der Waals surface area contributed by atoms with E-state index in [4.69, 9.17) is 14.5 Å². The zero-order chi connectivity index (χ0) is 36.0. The van der Waals surface area contributed by atoms with Crippen LogP contribution in [-0.4, -0.2) is 85.7 Å². The smallest absolute Gasteiger partial charge is 0.259 e. The predicted octanol–water partition coefficient (Wildman–Crippen LogP) is 3.56. The number of nitrogens with zero attached hydrogens (tertiary/aromatic N) is 2. The Balaban J connectivity index is 1.32. The van der Waals surface area contributed by atoms with Crippen molar-refractivity contribution >= 4 is 38.6 Å². The summed E-state index contributed by atoms with van der Waals surface area (Å²) in [6.45, 7) is 9.70. The van der Waals surface area contributed by atoms with Crippen molar-refractivity contribution in [2.75, 3.05) is 20.7 Å². The number of carbonyl (C=O) groups excluding carboxylic acids is 3. The van der Waals surface area contributed by atoms with Gasteiger partial charge in [0.2, 0.25) is 21.8 Å². The van der Waals surface area contributed by atoms with Crippen LogP contribution in [0.4, 0.5) is 0 Å². The predicted molar refractivity (Wildman–Crippen MR) is 190 cm³/mol. The molecule has 0 bridgehead atoms. The highest BCUT2D eigenvalue weighted by molar-refractivity contribution is 7.91. The Morgan fingerprint density at radius 3 is 2.42 bits per heavy atom. The van der Waals surface area contributed by atoms with Gasteiger partial charge in [0.05, 0.1) is 36.2 Å². The Hall–Kier alpha value is -4.49. The van der Waals surface area contributed by atoms with Gasteiger partial charge in [0.15, 0.2) is 0 Å². The van der Waals surface area contributed by atoms with Gasteiger partial charge >= 0.3 is 0 Å². The van der Waals surface area contributed by atoms with Crippen molar-refractivity contribution in [3.63, 3.8) is 0 Å². The fraction of sp³-hybridized carbons (Fsp3) is 0.459. The molecule has 0 spiro atoms. The molecule has 5 atom stereocenters. The van der Waals surface area contributed by atoms with Gasteiger partial charge in [0.1, 0.15) is 29.2 Å². The normalized spacial score (nSPS) is 23.9. The number of likely N-dealkylation sites (N-methyl/N-ethyl adjacent to an activating group) is 1. The summed E-state index contributed by atoms with van der Waals surface area (Å²) in [7, 11) is -0.562. The quantitative estimate of drug-likeness (QED) is 0.240. The number of benzene rings is 2. The van der Waals surface area contributed by atoms with Gasteiger partial charge in [-0.25, -0.2) is 13.4 Å². The molecule has 13 heteroatoms. The minimum absolute atomic E-state index is 0.103. The summed E-state index contributed by atoms with van der Waals surface area (Å²) in [6.07, 6.45) is 2.25. The van der Waals surface area contributed by atoms with E-state index in [1.807, 2.05) is 75.4 Å². The topological polar surface area (TPSA) is 156 Å². The van der Waals surface area contributed by atoms with Crippen molar-refractivity contribution in [3.05, 3.63) is 67.3 Å². The monoisotopic (exact) mass is 703 g/mol. The molecule has 3 fully saturated rings. The van der Waals surface area contributed by atoms with Crippen LogP contribution in [0.25, 0.3) is 22.2 Å². The van der Waals surface area contributed by atoms with Crippen LogP contribution in [0.15, 0.2) is 67.3 Å². The number of hydrogen-bond donors (Lipinski definition) is 3. The average Bonchev–Trinajstić information content (AvgIpc) is 4.01. The summed E-state index contributed by atoms with van der Waals surface area (Å²) < 4.78 is 39.6. The molecule has 12 nitrogen and oxygen atoms in total. The van der Waals surface area contributed by atoms with Crippen molar-refractivity contribution in [2.45, 2.75) is 75.4 Å². The van der Waals surface area contributed by atoms with E-state index >= 15 is 0 Å².